The van der Waals surface area contributed by atoms with Gasteiger partial charge in [0, 0.05) is 16.8 Å². The van der Waals surface area contributed by atoms with Gasteiger partial charge in [-0.05, 0) is 31.5 Å². The van der Waals surface area contributed by atoms with E-state index in [2.05, 4.69) is 10.3 Å². The van der Waals surface area contributed by atoms with E-state index in [9.17, 15) is 4.79 Å². The molecule has 82 valence electrons. The van der Waals surface area contributed by atoms with E-state index < -0.39 is 0 Å². The molecule has 0 unspecified atom stereocenters. The summed E-state index contributed by atoms with van der Waals surface area (Å²) in [5.41, 5.74) is 2.80. The molecule has 0 fully saturated rings. The summed E-state index contributed by atoms with van der Waals surface area (Å²) in [5.74, 6) is -0.149. The summed E-state index contributed by atoms with van der Waals surface area (Å²) in [7, 11) is 0. The third-order valence-corrected chi connectivity index (χ3v) is 3.05. The molecule has 1 amide bonds. The molecular weight excluding hydrogens is 220 g/mol. The topological polar surface area (TPSA) is 42.0 Å². The summed E-state index contributed by atoms with van der Waals surface area (Å²) in [6.45, 7) is 3.86. The van der Waals surface area contributed by atoms with Gasteiger partial charge < -0.3 is 5.32 Å². The van der Waals surface area contributed by atoms with Crippen molar-refractivity contribution < 1.29 is 4.79 Å². The van der Waals surface area contributed by atoms with Crippen molar-refractivity contribution in [2.24, 2.45) is 0 Å². The Morgan fingerprint density at radius 2 is 2.19 bits per heavy atom. The van der Waals surface area contributed by atoms with Crippen molar-refractivity contribution >= 4 is 22.9 Å². The van der Waals surface area contributed by atoms with Crippen molar-refractivity contribution in [3.05, 3.63) is 45.9 Å². The zero-order valence-electron chi connectivity index (χ0n) is 9.15. The number of anilines is 1. The van der Waals surface area contributed by atoms with E-state index in [1.165, 1.54) is 11.3 Å². The first-order valence-electron chi connectivity index (χ1n) is 4.95. The van der Waals surface area contributed by atoms with Gasteiger partial charge in [0.05, 0.1) is 0 Å². The number of carbonyl (C=O) groups excluding carboxylic acids is 1. The predicted molar refractivity (Wildman–Crippen MR) is 66.0 cm³/mol. The SMILES string of the molecule is Cc1cccc(NC(=O)c2nc(C)cs2)c1. The Kier molecular flexibility index (Phi) is 3.01. The Balaban J connectivity index is 2.13. The number of rotatable bonds is 2. The summed E-state index contributed by atoms with van der Waals surface area (Å²) in [6.07, 6.45) is 0. The number of amides is 1. The van der Waals surface area contributed by atoms with Gasteiger partial charge in [0.25, 0.3) is 5.91 Å². The summed E-state index contributed by atoms with van der Waals surface area (Å²) in [5, 5.41) is 5.19. The van der Waals surface area contributed by atoms with Gasteiger partial charge in [0.1, 0.15) is 0 Å². The van der Waals surface area contributed by atoms with Gasteiger partial charge in [-0.1, -0.05) is 12.1 Å². The average Bonchev–Trinajstić information content (AvgIpc) is 2.65. The van der Waals surface area contributed by atoms with E-state index in [0.29, 0.717) is 5.01 Å². The van der Waals surface area contributed by atoms with Gasteiger partial charge >= 0.3 is 0 Å². The molecule has 1 heterocycles. The van der Waals surface area contributed by atoms with Crippen molar-refractivity contribution in [1.82, 2.24) is 4.98 Å². The van der Waals surface area contributed by atoms with Crippen molar-refractivity contribution in [2.45, 2.75) is 13.8 Å². The molecule has 0 saturated heterocycles. The number of carbonyl (C=O) groups is 1. The minimum Gasteiger partial charge on any atom is -0.320 e. The lowest BCUT2D eigenvalue weighted by Gasteiger charge is -2.03. The number of nitrogens with zero attached hydrogens (tertiary/aromatic N) is 1. The fraction of sp³-hybridized carbons (Fsp3) is 0.167. The summed E-state index contributed by atoms with van der Waals surface area (Å²) >= 11 is 1.36. The van der Waals surface area contributed by atoms with Gasteiger partial charge in [-0.3, -0.25) is 4.79 Å². The molecule has 2 rings (SSSR count). The van der Waals surface area contributed by atoms with Crippen LogP contribution in [-0.2, 0) is 0 Å². The summed E-state index contributed by atoms with van der Waals surface area (Å²) < 4.78 is 0. The zero-order chi connectivity index (χ0) is 11.5. The molecule has 0 aliphatic rings. The highest BCUT2D eigenvalue weighted by Gasteiger charge is 2.09. The molecule has 0 radical (unpaired) electrons. The van der Waals surface area contributed by atoms with E-state index in [1.807, 2.05) is 43.5 Å². The lowest BCUT2D eigenvalue weighted by molar-refractivity contribution is 0.102. The first-order valence-corrected chi connectivity index (χ1v) is 5.83. The quantitative estimate of drug-likeness (QED) is 0.864. The summed E-state index contributed by atoms with van der Waals surface area (Å²) in [6, 6.07) is 7.70. The van der Waals surface area contributed by atoms with Gasteiger partial charge in [0.15, 0.2) is 5.01 Å². The van der Waals surface area contributed by atoms with E-state index in [-0.39, 0.29) is 5.91 Å². The third kappa shape index (κ3) is 2.46. The Morgan fingerprint density at radius 3 is 2.81 bits per heavy atom. The second kappa shape index (κ2) is 4.45. The van der Waals surface area contributed by atoms with Crippen molar-refractivity contribution in [3.63, 3.8) is 0 Å². The maximum atomic E-state index is 11.8. The minimum atomic E-state index is -0.149. The van der Waals surface area contributed by atoms with Crippen LogP contribution in [0.1, 0.15) is 21.1 Å². The largest absolute Gasteiger partial charge is 0.320 e. The van der Waals surface area contributed by atoms with Gasteiger partial charge in [0.2, 0.25) is 0 Å². The second-order valence-corrected chi connectivity index (χ2v) is 4.48. The monoisotopic (exact) mass is 232 g/mol. The number of hydrogen-bond donors (Lipinski definition) is 1. The van der Waals surface area contributed by atoms with Crippen LogP contribution < -0.4 is 5.32 Å². The molecular formula is C12H12N2OS. The average molecular weight is 232 g/mol. The maximum Gasteiger partial charge on any atom is 0.284 e. The van der Waals surface area contributed by atoms with Crippen LogP contribution in [0.3, 0.4) is 0 Å². The van der Waals surface area contributed by atoms with E-state index in [4.69, 9.17) is 0 Å². The predicted octanol–water partition coefficient (Wildman–Crippen LogP) is 3.01. The van der Waals surface area contributed by atoms with Crippen LogP contribution in [0.25, 0.3) is 0 Å². The fourth-order valence-electron chi connectivity index (χ4n) is 1.37. The molecule has 4 heteroatoms. The molecule has 1 aromatic carbocycles. The van der Waals surface area contributed by atoms with Crippen molar-refractivity contribution in [2.75, 3.05) is 5.32 Å². The molecule has 0 bridgehead atoms. The van der Waals surface area contributed by atoms with Crippen LogP contribution in [0, 0.1) is 13.8 Å². The molecule has 0 aliphatic carbocycles. The normalized spacial score (nSPS) is 10.1. The van der Waals surface area contributed by atoms with Crippen LogP contribution in [0.5, 0.6) is 0 Å². The number of benzene rings is 1. The maximum absolute atomic E-state index is 11.8. The van der Waals surface area contributed by atoms with Crippen molar-refractivity contribution in [3.8, 4) is 0 Å². The number of hydrogen-bond acceptors (Lipinski definition) is 3. The molecule has 0 spiro atoms. The Hall–Kier alpha value is -1.68. The molecule has 0 atom stereocenters. The highest BCUT2D eigenvalue weighted by Crippen LogP contribution is 2.13. The van der Waals surface area contributed by atoms with E-state index in [0.717, 1.165) is 16.9 Å². The van der Waals surface area contributed by atoms with E-state index >= 15 is 0 Å². The molecule has 16 heavy (non-hydrogen) atoms. The Labute approximate surface area is 98.2 Å². The lowest BCUT2D eigenvalue weighted by atomic mass is 10.2. The number of aromatic nitrogens is 1. The molecule has 2 aromatic rings. The second-order valence-electron chi connectivity index (χ2n) is 3.62. The highest BCUT2D eigenvalue weighted by molar-refractivity contribution is 7.11. The van der Waals surface area contributed by atoms with Crippen LogP contribution in [0.2, 0.25) is 0 Å². The minimum absolute atomic E-state index is 0.149. The smallest absolute Gasteiger partial charge is 0.284 e. The number of nitrogens with one attached hydrogen (secondary N) is 1. The Bertz CT molecular complexity index is 519. The van der Waals surface area contributed by atoms with Crippen LogP contribution in [-0.4, -0.2) is 10.9 Å². The van der Waals surface area contributed by atoms with Crippen LogP contribution in [0.15, 0.2) is 29.6 Å². The molecule has 0 saturated carbocycles. The molecule has 1 N–H and O–H groups in total. The fourth-order valence-corrected chi connectivity index (χ4v) is 2.06. The first-order chi connectivity index (χ1) is 7.65. The molecule has 1 aromatic heterocycles. The third-order valence-electron chi connectivity index (χ3n) is 2.09. The van der Waals surface area contributed by atoms with Crippen LogP contribution >= 0.6 is 11.3 Å². The van der Waals surface area contributed by atoms with Crippen molar-refractivity contribution in [1.29, 1.82) is 0 Å². The van der Waals surface area contributed by atoms with Gasteiger partial charge in [-0.25, -0.2) is 4.98 Å². The zero-order valence-corrected chi connectivity index (χ0v) is 9.97. The highest BCUT2D eigenvalue weighted by atomic mass is 32.1. The summed E-state index contributed by atoms with van der Waals surface area (Å²) in [4.78, 5) is 15.9. The number of aryl methyl sites for hydroxylation is 2. The molecule has 0 aliphatic heterocycles. The first kappa shape index (κ1) is 10.8. The Morgan fingerprint density at radius 1 is 1.38 bits per heavy atom. The lowest BCUT2D eigenvalue weighted by Crippen LogP contribution is -2.11. The number of thiazole rings is 1. The molecule has 3 nitrogen and oxygen atoms in total. The van der Waals surface area contributed by atoms with Gasteiger partial charge in [-0.15, -0.1) is 11.3 Å². The van der Waals surface area contributed by atoms with E-state index in [1.54, 1.807) is 0 Å². The van der Waals surface area contributed by atoms with Crippen LogP contribution in [0.4, 0.5) is 5.69 Å². The van der Waals surface area contributed by atoms with Gasteiger partial charge in [-0.2, -0.15) is 0 Å². The standard InChI is InChI=1S/C12H12N2OS/c1-8-4-3-5-10(6-8)14-11(15)12-13-9(2)7-16-12/h3-7H,1-2H3,(H,14,15).